The van der Waals surface area contributed by atoms with Crippen LogP contribution in [0.2, 0.25) is 0 Å². The number of rotatable bonds is 7. The number of hydrogen-bond donors (Lipinski definition) is 1. The standard InChI is InChI=1S/C17H19N3O4/c1-2-23-15(21)7-3-4-11-24-14-9-8-12-16(19-14)20-10-5-6-13(20)17(22)18-12/h5-6,8-10H,2-4,7,11H2,1H3,(H,18,22). The van der Waals surface area contributed by atoms with Crippen LogP contribution in [0.5, 0.6) is 5.88 Å². The molecule has 1 N–H and O–H groups in total. The van der Waals surface area contributed by atoms with Crippen LogP contribution in [0, 0.1) is 0 Å². The molecule has 0 aromatic carbocycles. The van der Waals surface area contributed by atoms with Crippen molar-refractivity contribution in [2.45, 2.75) is 26.2 Å². The Morgan fingerprint density at radius 2 is 2.17 bits per heavy atom. The van der Waals surface area contributed by atoms with E-state index in [1.54, 1.807) is 41.8 Å². The average molecular weight is 329 g/mol. The van der Waals surface area contributed by atoms with Gasteiger partial charge in [0.1, 0.15) is 5.52 Å². The molecule has 0 aliphatic carbocycles. The van der Waals surface area contributed by atoms with Crippen molar-refractivity contribution in [1.82, 2.24) is 14.4 Å². The van der Waals surface area contributed by atoms with Crippen molar-refractivity contribution in [2.75, 3.05) is 13.2 Å². The molecule has 7 heteroatoms. The monoisotopic (exact) mass is 329 g/mol. The number of H-pyrrole nitrogens is 1. The average Bonchev–Trinajstić information content (AvgIpc) is 3.06. The lowest BCUT2D eigenvalue weighted by Crippen LogP contribution is -2.11. The van der Waals surface area contributed by atoms with Gasteiger partial charge in [0.05, 0.1) is 18.7 Å². The zero-order chi connectivity index (χ0) is 16.9. The van der Waals surface area contributed by atoms with E-state index in [9.17, 15) is 9.59 Å². The lowest BCUT2D eigenvalue weighted by molar-refractivity contribution is -0.143. The smallest absolute Gasteiger partial charge is 0.305 e. The van der Waals surface area contributed by atoms with Gasteiger partial charge in [-0.1, -0.05) is 0 Å². The molecule has 0 unspecified atom stereocenters. The molecule has 3 heterocycles. The highest BCUT2D eigenvalue weighted by Gasteiger charge is 2.07. The third-order valence-electron chi connectivity index (χ3n) is 3.64. The second kappa shape index (κ2) is 7.16. The molecule has 0 fully saturated rings. The molecule has 3 rings (SSSR count). The van der Waals surface area contributed by atoms with Crippen LogP contribution in [-0.4, -0.2) is 33.6 Å². The molecule has 0 saturated heterocycles. The minimum absolute atomic E-state index is 0.151. The number of nitrogens with zero attached hydrogens (tertiary/aromatic N) is 2. The Hall–Kier alpha value is -2.83. The number of aromatic nitrogens is 3. The van der Waals surface area contributed by atoms with E-state index in [0.717, 1.165) is 6.42 Å². The Morgan fingerprint density at radius 3 is 3.00 bits per heavy atom. The normalized spacial score (nSPS) is 11.0. The summed E-state index contributed by atoms with van der Waals surface area (Å²) in [5, 5.41) is 0. The molecule has 7 nitrogen and oxygen atoms in total. The Balaban J connectivity index is 1.65. The summed E-state index contributed by atoms with van der Waals surface area (Å²) in [5.41, 5.74) is 1.68. The topological polar surface area (TPSA) is 85.7 Å². The summed E-state index contributed by atoms with van der Waals surface area (Å²) >= 11 is 0. The number of unbranched alkanes of at least 4 members (excludes halogenated alkanes) is 1. The first-order valence-corrected chi connectivity index (χ1v) is 7.97. The number of aromatic amines is 1. The predicted molar refractivity (Wildman–Crippen MR) is 89.3 cm³/mol. The third-order valence-corrected chi connectivity index (χ3v) is 3.64. The highest BCUT2D eigenvalue weighted by atomic mass is 16.5. The van der Waals surface area contributed by atoms with Gasteiger partial charge in [-0.15, -0.1) is 0 Å². The Morgan fingerprint density at radius 1 is 1.29 bits per heavy atom. The minimum Gasteiger partial charge on any atom is -0.478 e. The van der Waals surface area contributed by atoms with Gasteiger partial charge in [-0.25, -0.2) is 0 Å². The molecular weight excluding hydrogens is 310 g/mol. The summed E-state index contributed by atoms with van der Waals surface area (Å²) in [7, 11) is 0. The van der Waals surface area contributed by atoms with Crippen LogP contribution < -0.4 is 10.3 Å². The molecule has 0 spiro atoms. The van der Waals surface area contributed by atoms with Crippen molar-refractivity contribution in [1.29, 1.82) is 0 Å². The quantitative estimate of drug-likeness (QED) is 0.531. The largest absolute Gasteiger partial charge is 0.478 e. The lowest BCUT2D eigenvalue weighted by atomic mass is 10.2. The van der Waals surface area contributed by atoms with Gasteiger partial charge in [0.15, 0.2) is 5.65 Å². The van der Waals surface area contributed by atoms with E-state index >= 15 is 0 Å². The van der Waals surface area contributed by atoms with Gasteiger partial charge in [0, 0.05) is 18.7 Å². The fourth-order valence-electron chi connectivity index (χ4n) is 2.51. The minimum atomic E-state index is -0.180. The fraction of sp³-hybridized carbons (Fsp3) is 0.353. The number of ether oxygens (including phenoxy) is 2. The summed E-state index contributed by atoms with van der Waals surface area (Å²) in [6.07, 6.45) is 3.64. The van der Waals surface area contributed by atoms with Crippen molar-refractivity contribution < 1.29 is 14.3 Å². The maximum atomic E-state index is 11.9. The maximum absolute atomic E-state index is 11.9. The van der Waals surface area contributed by atoms with Crippen LogP contribution in [0.4, 0.5) is 0 Å². The number of carbonyl (C=O) groups is 1. The Kier molecular flexibility index (Phi) is 4.79. The predicted octanol–water partition coefficient (Wildman–Crippen LogP) is 2.29. The zero-order valence-electron chi connectivity index (χ0n) is 13.4. The molecule has 0 radical (unpaired) electrons. The fourth-order valence-corrected chi connectivity index (χ4v) is 2.51. The first kappa shape index (κ1) is 16.0. The summed E-state index contributed by atoms with van der Waals surface area (Å²) in [6, 6.07) is 7.04. The zero-order valence-corrected chi connectivity index (χ0v) is 13.4. The summed E-state index contributed by atoms with van der Waals surface area (Å²) in [4.78, 5) is 30.4. The van der Waals surface area contributed by atoms with Crippen LogP contribution in [0.3, 0.4) is 0 Å². The van der Waals surface area contributed by atoms with E-state index in [4.69, 9.17) is 9.47 Å². The Labute approximate surface area is 138 Å². The lowest BCUT2D eigenvalue weighted by Gasteiger charge is -2.07. The summed E-state index contributed by atoms with van der Waals surface area (Å²) < 4.78 is 12.3. The molecule has 0 aliphatic rings. The van der Waals surface area contributed by atoms with Gasteiger partial charge in [0.2, 0.25) is 5.88 Å². The highest BCUT2D eigenvalue weighted by Crippen LogP contribution is 2.15. The van der Waals surface area contributed by atoms with Gasteiger partial charge < -0.3 is 14.5 Å². The van der Waals surface area contributed by atoms with E-state index in [1.165, 1.54) is 0 Å². The van der Waals surface area contributed by atoms with E-state index < -0.39 is 0 Å². The van der Waals surface area contributed by atoms with Crippen LogP contribution in [0.1, 0.15) is 26.2 Å². The molecular formula is C17H19N3O4. The van der Waals surface area contributed by atoms with Gasteiger partial charge in [0.25, 0.3) is 5.56 Å². The number of carbonyl (C=O) groups excluding carboxylic acids is 1. The van der Waals surface area contributed by atoms with E-state index in [1.807, 2.05) is 0 Å². The third kappa shape index (κ3) is 3.40. The maximum Gasteiger partial charge on any atom is 0.305 e. The second-order valence-corrected chi connectivity index (χ2v) is 5.35. The van der Waals surface area contributed by atoms with Gasteiger partial charge in [-0.05, 0) is 38.0 Å². The van der Waals surface area contributed by atoms with Crippen LogP contribution in [-0.2, 0) is 9.53 Å². The number of fused-ring (bicyclic) bond motifs is 3. The van der Waals surface area contributed by atoms with E-state index in [-0.39, 0.29) is 11.5 Å². The molecule has 0 saturated carbocycles. The van der Waals surface area contributed by atoms with Crippen molar-refractivity contribution in [3.8, 4) is 5.88 Å². The molecule has 24 heavy (non-hydrogen) atoms. The van der Waals surface area contributed by atoms with Gasteiger partial charge >= 0.3 is 5.97 Å². The summed E-state index contributed by atoms with van der Waals surface area (Å²) in [5.74, 6) is 0.306. The number of pyridine rings is 1. The van der Waals surface area contributed by atoms with E-state index in [0.29, 0.717) is 48.6 Å². The van der Waals surface area contributed by atoms with Gasteiger partial charge in [-0.3, -0.25) is 14.0 Å². The van der Waals surface area contributed by atoms with Gasteiger partial charge in [-0.2, -0.15) is 4.98 Å². The number of esters is 1. The van der Waals surface area contributed by atoms with Crippen LogP contribution >= 0.6 is 0 Å². The van der Waals surface area contributed by atoms with Crippen molar-refractivity contribution in [3.05, 3.63) is 40.8 Å². The first-order valence-electron chi connectivity index (χ1n) is 7.97. The first-order chi connectivity index (χ1) is 11.7. The van der Waals surface area contributed by atoms with Crippen molar-refractivity contribution >= 4 is 22.6 Å². The van der Waals surface area contributed by atoms with Crippen LogP contribution in [0.15, 0.2) is 35.3 Å². The number of hydrogen-bond acceptors (Lipinski definition) is 5. The SMILES string of the molecule is CCOC(=O)CCCCOc1ccc2[nH]c(=O)c3cccn3c2n1. The highest BCUT2D eigenvalue weighted by molar-refractivity contribution is 5.74. The molecule has 0 aliphatic heterocycles. The summed E-state index contributed by atoms with van der Waals surface area (Å²) in [6.45, 7) is 2.67. The second-order valence-electron chi connectivity index (χ2n) is 5.35. The van der Waals surface area contributed by atoms with Crippen molar-refractivity contribution in [2.24, 2.45) is 0 Å². The molecule has 126 valence electrons. The molecule has 3 aromatic heterocycles. The van der Waals surface area contributed by atoms with Crippen LogP contribution in [0.25, 0.3) is 16.7 Å². The van der Waals surface area contributed by atoms with Crippen molar-refractivity contribution in [3.63, 3.8) is 0 Å². The Bertz CT molecular complexity index is 913. The van der Waals surface area contributed by atoms with E-state index in [2.05, 4.69) is 9.97 Å². The number of nitrogens with one attached hydrogen (secondary N) is 1. The molecule has 0 amide bonds. The molecule has 0 atom stereocenters. The molecule has 3 aromatic rings. The molecule has 0 bridgehead atoms.